The molecule has 0 saturated carbocycles. The summed E-state index contributed by atoms with van der Waals surface area (Å²) in [6.07, 6.45) is 3.30. The van der Waals surface area contributed by atoms with Gasteiger partial charge in [0.1, 0.15) is 5.82 Å². The molecule has 3 aromatic rings. The Morgan fingerprint density at radius 3 is 2.39 bits per heavy atom. The molecule has 0 bridgehead atoms. The summed E-state index contributed by atoms with van der Waals surface area (Å²) in [6.45, 7) is 0. The molecular weight excluding hydrogens is 333 g/mol. The highest BCUT2D eigenvalue weighted by molar-refractivity contribution is 7.92. The van der Waals surface area contributed by atoms with E-state index in [9.17, 15) is 8.42 Å². The zero-order chi connectivity index (χ0) is 16.4. The van der Waals surface area contributed by atoms with E-state index < -0.39 is 10.0 Å². The van der Waals surface area contributed by atoms with Gasteiger partial charge in [-0.1, -0.05) is 0 Å². The molecule has 3 N–H and O–H groups in total. The molecule has 3 rings (SSSR count). The standard InChI is InChI=1S/C14H14N5O2PS/c15-11-1-3-12(4-2-11)23(20,21)18-14-9-13(17-19(14)22)10-5-7-16-8-6-10/h1-9,18H,15,22H2. The Balaban J connectivity index is 1.91. The van der Waals surface area contributed by atoms with E-state index in [-0.39, 0.29) is 4.90 Å². The molecular formula is C14H14N5O2PS. The molecule has 7 nitrogen and oxygen atoms in total. The van der Waals surface area contributed by atoms with Crippen LogP contribution in [-0.4, -0.2) is 23.0 Å². The molecule has 1 aromatic carbocycles. The summed E-state index contributed by atoms with van der Waals surface area (Å²) in [5, 5.41) is 4.28. The summed E-state index contributed by atoms with van der Waals surface area (Å²) in [4.78, 5) is 4.07. The molecule has 2 aromatic heterocycles. The minimum Gasteiger partial charge on any atom is -0.399 e. The van der Waals surface area contributed by atoms with E-state index in [1.54, 1.807) is 30.6 Å². The van der Waals surface area contributed by atoms with Crippen LogP contribution in [0.5, 0.6) is 0 Å². The molecule has 0 aliphatic heterocycles. The second-order valence-electron chi connectivity index (χ2n) is 4.77. The fourth-order valence-electron chi connectivity index (χ4n) is 1.98. The molecule has 0 aliphatic carbocycles. The number of nitrogens with one attached hydrogen (secondary N) is 1. The molecule has 0 saturated heterocycles. The Hall–Kier alpha value is -2.44. The highest BCUT2D eigenvalue weighted by atomic mass is 32.2. The smallest absolute Gasteiger partial charge is 0.263 e. The highest BCUT2D eigenvalue weighted by Crippen LogP contribution is 2.25. The van der Waals surface area contributed by atoms with Crippen LogP contribution in [0.3, 0.4) is 0 Å². The average molecular weight is 347 g/mol. The van der Waals surface area contributed by atoms with E-state index in [2.05, 4.69) is 24.2 Å². The molecule has 1 unspecified atom stereocenters. The van der Waals surface area contributed by atoms with Gasteiger partial charge in [0.2, 0.25) is 0 Å². The predicted octanol–water partition coefficient (Wildman–Crippen LogP) is 1.97. The highest BCUT2D eigenvalue weighted by Gasteiger charge is 2.17. The molecule has 0 radical (unpaired) electrons. The van der Waals surface area contributed by atoms with Gasteiger partial charge >= 0.3 is 0 Å². The predicted molar refractivity (Wildman–Crippen MR) is 92.2 cm³/mol. The van der Waals surface area contributed by atoms with Crippen LogP contribution in [0.2, 0.25) is 0 Å². The van der Waals surface area contributed by atoms with Gasteiger partial charge in [0.05, 0.1) is 10.6 Å². The summed E-state index contributed by atoms with van der Waals surface area (Å²) >= 11 is 0. The van der Waals surface area contributed by atoms with Gasteiger partial charge in [0.15, 0.2) is 0 Å². The van der Waals surface area contributed by atoms with Gasteiger partial charge in [-0.2, -0.15) is 5.10 Å². The van der Waals surface area contributed by atoms with E-state index in [0.29, 0.717) is 17.2 Å². The van der Waals surface area contributed by atoms with Gasteiger partial charge in [0, 0.05) is 29.7 Å². The minimum absolute atomic E-state index is 0.128. The topological polar surface area (TPSA) is 103 Å². The van der Waals surface area contributed by atoms with Gasteiger partial charge in [-0.05, 0) is 45.8 Å². The second-order valence-corrected chi connectivity index (χ2v) is 6.94. The molecule has 9 heteroatoms. The van der Waals surface area contributed by atoms with Crippen molar-refractivity contribution in [1.82, 2.24) is 14.5 Å². The van der Waals surface area contributed by atoms with Gasteiger partial charge in [-0.3, -0.25) is 9.71 Å². The maximum absolute atomic E-state index is 12.4. The second kappa shape index (κ2) is 5.98. The number of benzene rings is 1. The van der Waals surface area contributed by atoms with Crippen molar-refractivity contribution in [3.05, 3.63) is 54.9 Å². The normalized spacial score (nSPS) is 11.3. The molecule has 0 aliphatic rings. The Morgan fingerprint density at radius 1 is 1.09 bits per heavy atom. The van der Waals surface area contributed by atoms with Crippen molar-refractivity contribution >= 4 is 30.9 Å². The Labute approximate surface area is 135 Å². The van der Waals surface area contributed by atoms with Crippen LogP contribution in [0.15, 0.2) is 59.8 Å². The number of pyridine rings is 1. The van der Waals surface area contributed by atoms with Gasteiger partial charge < -0.3 is 5.73 Å². The maximum Gasteiger partial charge on any atom is 0.263 e. The molecule has 0 amide bonds. The monoisotopic (exact) mass is 347 g/mol. The van der Waals surface area contributed by atoms with E-state index in [0.717, 1.165) is 5.56 Å². The Morgan fingerprint density at radius 2 is 1.74 bits per heavy atom. The molecule has 0 spiro atoms. The van der Waals surface area contributed by atoms with Gasteiger partial charge in [-0.25, -0.2) is 12.9 Å². The van der Waals surface area contributed by atoms with Crippen molar-refractivity contribution < 1.29 is 8.42 Å². The van der Waals surface area contributed by atoms with Crippen LogP contribution >= 0.6 is 9.39 Å². The quantitative estimate of drug-likeness (QED) is 0.555. The molecule has 0 fully saturated rings. The third kappa shape index (κ3) is 3.33. The lowest BCUT2D eigenvalue weighted by Crippen LogP contribution is -2.14. The fourth-order valence-corrected chi connectivity index (χ4v) is 3.38. The molecule has 1 atom stereocenters. The van der Waals surface area contributed by atoms with Crippen LogP contribution < -0.4 is 10.5 Å². The van der Waals surface area contributed by atoms with Crippen molar-refractivity contribution in [1.29, 1.82) is 0 Å². The van der Waals surface area contributed by atoms with E-state index in [1.807, 2.05) is 0 Å². The largest absolute Gasteiger partial charge is 0.399 e. The third-order valence-electron chi connectivity index (χ3n) is 3.14. The number of nitrogen functional groups attached to an aromatic ring is 1. The number of anilines is 2. The van der Waals surface area contributed by atoms with Crippen LogP contribution in [0.4, 0.5) is 11.5 Å². The number of nitrogens with two attached hydrogens (primary N) is 1. The van der Waals surface area contributed by atoms with E-state index in [1.165, 1.54) is 28.7 Å². The van der Waals surface area contributed by atoms with Crippen LogP contribution in [0.25, 0.3) is 11.3 Å². The molecule has 118 valence electrons. The number of rotatable bonds is 4. The first-order valence-corrected chi connectivity index (χ1v) is 8.59. The average Bonchev–Trinajstić information content (AvgIpc) is 2.89. The van der Waals surface area contributed by atoms with E-state index in [4.69, 9.17) is 5.73 Å². The van der Waals surface area contributed by atoms with Crippen molar-refractivity contribution in [3.63, 3.8) is 0 Å². The third-order valence-corrected chi connectivity index (χ3v) is 4.91. The lowest BCUT2D eigenvalue weighted by Gasteiger charge is -2.07. The Kier molecular flexibility index (Phi) is 4.02. The number of hydrogen-bond acceptors (Lipinski definition) is 5. The first-order valence-electron chi connectivity index (χ1n) is 6.59. The lowest BCUT2D eigenvalue weighted by molar-refractivity contribution is 0.601. The summed E-state index contributed by atoms with van der Waals surface area (Å²) in [6, 6.07) is 11.2. The summed E-state index contributed by atoms with van der Waals surface area (Å²) < 4.78 is 28.7. The number of sulfonamides is 1. The van der Waals surface area contributed by atoms with Crippen molar-refractivity contribution in [2.24, 2.45) is 0 Å². The van der Waals surface area contributed by atoms with Gasteiger partial charge in [-0.15, -0.1) is 0 Å². The molecule has 23 heavy (non-hydrogen) atoms. The van der Waals surface area contributed by atoms with Crippen LogP contribution in [0.1, 0.15) is 0 Å². The van der Waals surface area contributed by atoms with Crippen molar-refractivity contribution in [3.8, 4) is 11.3 Å². The Bertz CT molecular complexity index is 924. The van der Waals surface area contributed by atoms with Crippen molar-refractivity contribution in [2.75, 3.05) is 10.5 Å². The molecule has 2 heterocycles. The first kappa shape index (κ1) is 15.5. The number of nitrogens with zero attached hydrogens (tertiary/aromatic N) is 3. The lowest BCUT2D eigenvalue weighted by atomic mass is 10.2. The van der Waals surface area contributed by atoms with Crippen LogP contribution in [-0.2, 0) is 10.0 Å². The summed E-state index contributed by atoms with van der Waals surface area (Å²) in [7, 11) is -1.36. The zero-order valence-corrected chi connectivity index (χ0v) is 13.9. The summed E-state index contributed by atoms with van der Waals surface area (Å²) in [5.41, 5.74) is 7.55. The number of aromatic nitrogens is 3. The van der Waals surface area contributed by atoms with Crippen LogP contribution in [0, 0.1) is 0 Å². The first-order chi connectivity index (χ1) is 11.0. The minimum atomic E-state index is -3.71. The summed E-state index contributed by atoms with van der Waals surface area (Å²) in [5.74, 6) is 0.332. The number of hydrogen-bond donors (Lipinski definition) is 2. The van der Waals surface area contributed by atoms with Crippen molar-refractivity contribution in [2.45, 2.75) is 4.90 Å². The van der Waals surface area contributed by atoms with Gasteiger partial charge in [0.25, 0.3) is 10.0 Å². The zero-order valence-electron chi connectivity index (χ0n) is 11.9. The maximum atomic E-state index is 12.4. The van der Waals surface area contributed by atoms with E-state index >= 15 is 0 Å². The fraction of sp³-hybridized carbons (Fsp3) is 0. The SMILES string of the molecule is Nc1ccc(S(=O)(=O)Nc2cc(-c3ccncc3)nn2P)cc1.